The predicted molar refractivity (Wildman–Crippen MR) is 115 cm³/mol. The van der Waals surface area contributed by atoms with E-state index in [1.165, 1.54) is 64.6 Å². The van der Waals surface area contributed by atoms with Crippen molar-refractivity contribution >= 4 is 5.96 Å². The number of aromatic nitrogens is 1. The summed E-state index contributed by atoms with van der Waals surface area (Å²) in [5.41, 5.74) is 0. The Labute approximate surface area is 170 Å². The minimum absolute atomic E-state index is 0.514. The number of ether oxygens (including phenoxy) is 1. The molecule has 2 aliphatic rings. The number of aliphatic imine (C=N–C) groups is 1. The van der Waals surface area contributed by atoms with E-state index >= 15 is 0 Å². The molecule has 2 heterocycles. The smallest absolute Gasteiger partial charge is 0.191 e. The third-order valence-corrected chi connectivity index (χ3v) is 5.78. The largest absolute Gasteiger partial charge is 0.490 e. The van der Waals surface area contributed by atoms with Gasteiger partial charge in [-0.2, -0.15) is 0 Å². The van der Waals surface area contributed by atoms with Crippen LogP contribution in [0.25, 0.3) is 0 Å². The SMILES string of the molecule is CCNC(=NCCOc1cccnc1)NC1CCN(CC2CCCCC2)CC1. The first-order valence-electron chi connectivity index (χ1n) is 11.1. The lowest BCUT2D eigenvalue weighted by molar-refractivity contribution is 0.160. The molecule has 1 saturated heterocycles. The van der Waals surface area contributed by atoms with Crippen LogP contribution in [0.15, 0.2) is 29.5 Å². The van der Waals surface area contributed by atoms with E-state index in [0.717, 1.165) is 24.2 Å². The molecule has 28 heavy (non-hydrogen) atoms. The summed E-state index contributed by atoms with van der Waals surface area (Å²) in [5, 5.41) is 6.99. The molecule has 6 heteroatoms. The van der Waals surface area contributed by atoms with Gasteiger partial charge in [0.15, 0.2) is 5.96 Å². The Morgan fingerprint density at radius 3 is 2.75 bits per heavy atom. The van der Waals surface area contributed by atoms with Crippen molar-refractivity contribution in [2.45, 2.75) is 57.9 Å². The summed E-state index contributed by atoms with van der Waals surface area (Å²) in [6.45, 7) is 7.89. The molecule has 1 aromatic heterocycles. The minimum Gasteiger partial charge on any atom is -0.490 e. The second-order valence-electron chi connectivity index (χ2n) is 8.02. The van der Waals surface area contributed by atoms with E-state index in [0.29, 0.717) is 19.2 Å². The van der Waals surface area contributed by atoms with Crippen LogP contribution in [0, 0.1) is 5.92 Å². The third kappa shape index (κ3) is 7.30. The number of likely N-dealkylation sites (tertiary alicyclic amines) is 1. The normalized spacial score (nSPS) is 20.1. The zero-order valence-corrected chi connectivity index (χ0v) is 17.4. The average molecular weight is 388 g/mol. The molecule has 2 fully saturated rings. The van der Waals surface area contributed by atoms with E-state index in [4.69, 9.17) is 4.74 Å². The summed E-state index contributed by atoms with van der Waals surface area (Å²) in [6.07, 6.45) is 13.1. The first-order valence-corrected chi connectivity index (χ1v) is 11.1. The van der Waals surface area contributed by atoms with Crippen LogP contribution < -0.4 is 15.4 Å². The van der Waals surface area contributed by atoms with Crippen molar-refractivity contribution in [2.75, 3.05) is 39.3 Å². The fraction of sp³-hybridized carbons (Fsp3) is 0.727. The topological polar surface area (TPSA) is 61.8 Å². The van der Waals surface area contributed by atoms with Gasteiger partial charge in [0.2, 0.25) is 0 Å². The van der Waals surface area contributed by atoms with E-state index in [9.17, 15) is 0 Å². The van der Waals surface area contributed by atoms with Gasteiger partial charge in [0.1, 0.15) is 12.4 Å². The molecular formula is C22H37N5O. The molecule has 0 spiro atoms. The molecule has 0 bridgehead atoms. The second kappa shape index (κ2) is 11.9. The summed E-state index contributed by atoms with van der Waals surface area (Å²) in [7, 11) is 0. The molecule has 6 nitrogen and oxygen atoms in total. The molecule has 3 rings (SSSR count). The molecule has 0 atom stereocenters. The maximum Gasteiger partial charge on any atom is 0.191 e. The van der Waals surface area contributed by atoms with Crippen molar-refractivity contribution in [3.05, 3.63) is 24.5 Å². The standard InChI is InChI=1S/C22H37N5O/c1-2-24-22(25-13-16-28-21-9-6-12-23-17-21)26-20-10-14-27(15-11-20)18-19-7-4-3-5-8-19/h6,9,12,17,19-20H,2-5,7-8,10-11,13-16,18H2,1H3,(H2,24,25,26). The maximum absolute atomic E-state index is 5.68. The lowest BCUT2D eigenvalue weighted by Gasteiger charge is -2.36. The van der Waals surface area contributed by atoms with Crippen molar-refractivity contribution in [1.82, 2.24) is 20.5 Å². The molecule has 1 aliphatic heterocycles. The Morgan fingerprint density at radius 1 is 1.21 bits per heavy atom. The molecule has 1 aliphatic carbocycles. The van der Waals surface area contributed by atoms with Crippen LogP contribution in [0.1, 0.15) is 51.9 Å². The van der Waals surface area contributed by atoms with Gasteiger partial charge in [-0.25, -0.2) is 4.99 Å². The van der Waals surface area contributed by atoms with Gasteiger partial charge in [0.05, 0.1) is 12.7 Å². The van der Waals surface area contributed by atoms with Gasteiger partial charge >= 0.3 is 0 Å². The Kier molecular flexibility index (Phi) is 8.88. The molecule has 1 saturated carbocycles. The number of nitrogens with zero attached hydrogens (tertiary/aromatic N) is 3. The lowest BCUT2D eigenvalue weighted by atomic mass is 9.88. The van der Waals surface area contributed by atoms with Crippen LogP contribution in [0.5, 0.6) is 5.75 Å². The van der Waals surface area contributed by atoms with E-state index < -0.39 is 0 Å². The Balaban J connectivity index is 1.36. The number of pyridine rings is 1. The molecule has 2 N–H and O–H groups in total. The first-order chi connectivity index (χ1) is 13.8. The van der Waals surface area contributed by atoms with Gasteiger partial charge < -0.3 is 20.3 Å². The van der Waals surface area contributed by atoms with Gasteiger partial charge in [-0.05, 0) is 50.7 Å². The van der Waals surface area contributed by atoms with E-state index in [1.54, 1.807) is 12.4 Å². The quantitative estimate of drug-likeness (QED) is 0.408. The number of rotatable bonds is 8. The molecule has 1 aromatic rings. The van der Waals surface area contributed by atoms with Crippen LogP contribution in [-0.2, 0) is 0 Å². The monoisotopic (exact) mass is 387 g/mol. The maximum atomic E-state index is 5.68. The summed E-state index contributed by atoms with van der Waals surface area (Å²) in [6, 6.07) is 4.31. The van der Waals surface area contributed by atoms with Crippen molar-refractivity contribution < 1.29 is 4.74 Å². The van der Waals surface area contributed by atoms with Gasteiger partial charge in [0.25, 0.3) is 0 Å². The highest BCUT2D eigenvalue weighted by Crippen LogP contribution is 2.25. The highest BCUT2D eigenvalue weighted by atomic mass is 16.5. The Bertz CT molecular complexity index is 566. The first kappa shape index (κ1) is 20.9. The van der Waals surface area contributed by atoms with Gasteiger partial charge in [-0.15, -0.1) is 0 Å². The van der Waals surface area contributed by atoms with E-state index in [-0.39, 0.29) is 0 Å². The summed E-state index contributed by atoms with van der Waals surface area (Å²) in [4.78, 5) is 11.4. The number of hydrogen-bond donors (Lipinski definition) is 2. The summed E-state index contributed by atoms with van der Waals surface area (Å²) < 4.78 is 5.68. The van der Waals surface area contributed by atoms with E-state index in [1.807, 2.05) is 12.1 Å². The Hall–Kier alpha value is -1.82. The van der Waals surface area contributed by atoms with Crippen LogP contribution >= 0.6 is 0 Å². The molecule has 156 valence electrons. The van der Waals surface area contributed by atoms with Crippen molar-refractivity contribution in [3.63, 3.8) is 0 Å². The summed E-state index contributed by atoms with van der Waals surface area (Å²) >= 11 is 0. The van der Waals surface area contributed by atoms with Crippen molar-refractivity contribution in [1.29, 1.82) is 0 Å². The highest BCUT2D eigenvalue weighted by Gasteiger charge is 2.23. The molecule has 0 unspecified atom stereocenters. The van der Waals surface area contributed by atoms with Crippen molar-refractivity contribution in [3.8, 4) is 5.75 Å². The molecule has 0 radical (unpaired) electrons. The number of guanidine groups is 1. The van der Waals surface area contributed by atoms with Gasteiger partial charge in [-0.3, -0.25) is 4.98 Å². The molecule has 0 aromatic carbocycles. The molecular weight excluding hydrogens is 350 g/mol. The fourth-order valence-electron chi connectivity index (χ4n) is 4.26. The van der Waals surface area contributed by atoms with Gasteiger partial charge in [0, 0.05) is 38.4 Å². The van der Waals surface area contributed by atoms with Crippen LogP contribution in [0.2, 0.25) is 0 Å². The lowest BCUT2D eigenvalue weighted by Crippen LogP contribution is -2.49. The fourth-order valence-corrected chi connectivity index (χ4v) is 4.26. The van der Waals surface area contributed by atoms with Gasteiger partial charge in [-0.1, -0.05) is 19.3 Å². The van der Waals surface area contributed by atoms with E-state index in [2.05, 4.69) is 32.4 Å². The predicted octanol–water partition coefficient (Wildman–Crippen LogP) is 3.06. The zero-order valence-electron chi connectivity index (χ0n) is 17.4. The average Bonchev–Trinajstić information content (AvgIpc) is 2.74. The number of piperidine rings is 1. The summed E-state index contributed by atoms with van der Waals surface area (Å²) in [5.74, 6) is 2.64. The number of nitrogens with one attached hydrogen (secondary N) is 2. The number of hydrogen-bond acceptors (Lipinski definition) is 4. The molecule has 0 amide bonds. The van der Waals surface area contributed by atoms with Crippen molar-refractivity contribution in [2.24, 2.45) is 10.9 Å². The van der Waals surface area contributed by atoms with Crippen LogP contribution in [-0.4, -0.2) is 61.2 Å². The Morgan fingerprint density at radius 2 is 2.04 bits per heavy atom. The van der Waals surface area contributed by atoms with Crippen LogP contribution in [0.3, 0.4) is 0 Å². The van der Waals surface area contributed by atoms with Crippen LogP contribution in [0.4, 0.5) is 0 Å². The zero-order chi connectivity index (χ0) is 19.4. The second-order valence-corrected chi connectivity index (χ2v) is 8.02. The highest BCUT2D eigenvalue weighted by molar-refractivity contribution is 5.80. The minimum atomic E-state index is 0.514. The third-order valence-electron chi connectivity index (χ3n) is 5.78.